The van der Waals surface area contributed by atoms with E-state index in [4.69, 9.17) is 21.8 Å². The molecule has 0 aliphatic heterocycles. The number of nitrogens with two attached hydrogens (primary N) is 1. The lowest BCUT2D eigenvalue weighted by Gasteiger charge is -2.06. The zero-order valence-corrected chi connectivity index (χ0v) is 17.0. The molecule has 3 rings (SSSR count). The van der Waals surface area contributed by atoms with Gasteiger partial charge in [0.2, 0.25) is 11.2 Å². The fourth-order valence-corrected chi connectivity index (χ4v) is 3.77. The van der Waals surface area contributed by atoms with Gasteiger partial charge in [0.1, 0.15) is 12.1 Å². The molecule has 1 atom stereocenters. The molecule has 0 spiro atoms. The summed E-state index contributed by atoms with van der Waals surface area (Å²) in [4.78, 5) is 14.0. The lowest BCUT2D eigenvalue weighted by Crippen LogP contribution is -2.21. The minimum absolute atomic E-state index is 0. The van der Waals surface area contributed by atoms with Gasteiger partial charge in [0.15, 0.2) is 0 Å². The Kier molecular flexibility index (Phi) is 8.37. The summed E-state index contributed by atoms with van der Waals surface area (Å²) in [5.74, 6) is 1.29. The number of halogens is 3. The van der Waals surface area contributed by atoms with Gasteiger partial charge in [-0.05, 0) is 36.9 Å². The predicted molar refractivity (Wildman–Crippen MR) is 107 cm³/mol. The zero-order valence-electron chi connectivity index (χ0n) is 13.8. The fraction of sp³-hybridized carbons (Fsp3) is 0.400. The van der Waals surface area contributed by atoms with Gasteiger partial charge in [-0.15, -0.1) is 36.2 Å². The summed E-state index contributed by atoms with van der Waals surface area (Å²) in [5, 5.41) is 3.45. The summed E-state index contributed by atoms with van der Waals surface area (Å²) in [5.41, 5.74) is 8.10. The summed E-state index contributed by atoms with van der Waals surface area (Å²) in [6, 6.07) is 0.147. The molecule has 0 radical (unpaired) electrons. The van der Waals surface area contributed by atoms with Crippen molar-refractivity contribution in [3.8, 4) is 0 Å². The van der Waals surface area contributed by atoms with E-state index >= 15 is 0 Å². The highest BCUT2D eigenvalue weighted by Gasteiger charge is 2.17. The molecule has 0 amide bonds. The molecule has 10 heteroatoms. The topological polar surface area (TPSA) is 89.9 Å². The van der Waals surface area contributed by atoms with Gasteiger partial charge in [0.05, 0.1) is 23.0 Å². The molecule has 0 aliphatic rings. The first-order chi connectivity index (χ1) is 11.1. The number of thiophene rings is 1. The Morgan fingerprint density at radius 3 is 2.76 bits per heavy atom. The number of anilines is 1. The molecule has 6 nitrogen and oxygen atoms in total. The fourth-order valence-electron chi connectivity index (χ4n) is 2.30. The first kappa shape index (κ1) is 21.9. The molecule has 138 valence electrons. The van der Waals surface area contributed by atoms with E-state index < -0.39 is 0 Å². The van der Waals surface area contributed by atoms with Gasteiger partial charge in [0, 0.05) is 10.9 Å². The molecular formula is C15H20Cl3N5OS. The highest BCUT2D eigenvalue weighted by molar-refractivity contribution is 7.19. The summed E-state index contributed by atoms with van der Waals surface area (Å²) < 4.78 is 6.21. The second-order valence-electron chi connectivity index (χ2n) is 5.32. The number of nitrogens with zero attached hydrogens (tertiary/aromatic N) is 3. The maximum absolute atomic E-state index is 6.09. The summed E-state index contributed by atoms with van der Waals surface area (Å²) in [6.45, 7) is 4.58. The van der Waals surface area contributed by atoms with E-state index in [1.54, 1.807) is 23.8 Å². The number of aryl methyl sites for hydroxylation is 1. The highest BCUT2D eigenvalue weighted by Crippen LogP contribution is 2.35. The number of oxazole rings is 1. The van der Waals surface area contributed by atoms with Gasteiger partial charge in [-0.25, -0.2) is 9.97 Å². The Morgan fingerprint density at radius 1 is 1.36 bits per heavy atom. The third-order valence-corrected chi connectivity index (χ3v) is 5.18. The molecule has 3 heterocycles. The normalized spacial score (nSPS) is 11.7. The van der Waals surface area contributed by atoms with Crippen LogP contribution in [0.1, 0.15) is 29.7 Å². The molecule has 0 bridgehead atoms. The van der Waals surface area contributed by atoms with Gasteiger partial charge in [-0.3, -0.25) is 0 Å². The van der Waals surface area contributed by atoms with Crippen LogP contribution in [0.4, 0.5) is 5.82 Å². The van der Waals surface area contributed by atoms with Crippen molar-refractivity contribution < 1.29 is 4.42 Å². The van der Waals surface area contributed by atoms with Crippen LogP contribution in [0.2, 0.25) is 5.28 Å². The van der Waals surface area contributed by atoms with Crippen molar-refractivity contribution in [2.24, 2.45) is 5.73 Å². The predicted octanol–water partition coefficient (Wildman–Crippen LogP) is 4.38. The van der Waals surface area contributed by atoms with Crippen molar-refractivity contribution in [1.29, 1.82) is 0 Å². The lowest BCUT2D eigenvalue weighted by atomic mass is 10.1. The molecule has 0 saturated heterocycles. The van der Waals surface area contributed by atoms with Crippen molar-refractivity contribution in [1.82, 2.24) is 15.0 Å². The Bertz CT molecular complexity index is 809. The standard InChI is InChI=1S/C15H18ClN5OS.2ClH/c1-3-9(17)6-10-8(2)12-13(23-10)14(21-15(16)20-12)19-7-11-18-4-5-22-11;;/h4-5,9H,3,6-7,17H2,1-2H3,(H,19,20,21);2*1H/t9-;;/m0../s1. The van der Waals surface area contributed by atoms with Gasteiger partial charge in [0.25, 0.3) is 0 Å². The van der Waals surface area contributed by atoms with Crippen LogP contribution in [0.3, 0.4) is 0 Å². The number of hydrogen-bond acceptors (Lipinski definition) is 7. The Balaban J connectivity index is 0.00000156. The van der Waals surface area contributed by atoms with Crippen LogP contribution in [0.15, 0.2) is 16.9 Å². The summed E-state index contributed by atoms with van der Waals surface area (Å²) >= 11 is 7.74. The van der Waals surface area contributed by atoms with Crippen molar-refractivity contribution in [3.63, 3.8) is 0 Å². The average molecular weight is 425 g/mol. The Labute approximate surface area is 167 Å². The van der Waals surface area contributed by atoms with Crippen LogP contribution in [-0.4, -0.2) is 21.0 Å². The minimum Gasteiger partial charge on any atom is -0.447 e. The number of aromatic nitrogens is 3. The molecule has 0 saturated carbocycles. The van der Waals surface area contributed by atoms with E-state index in [-0.39, 0.29) is 36.1 Å². The van der Waals surface area contributed by atoms with Crippen LogP contribution in [-0.2, 0) is 13.0 Å². The van der Waals surface area contributed by atoms with E-state index in [1.807, 2.05) is 0 Å². The molecule has 0 unspecified atom stereocenters. The molecule has 3 aromatic rings. The van der Waals surface area contributed by atoms with E-state index in [1.165, 1.54) is 4.88 Å². The number of hydrogen-bond donors (Lipinski definition) is 2. The van der Waals surface area contributed by atoms with E-state index in [0.717, 1.165) is 28.6 Å². The molecule has 25 heavy (non-hydrogen) atoms. The van der Waals surface area contributed by atoms with E-state index in [2.05, 4.69) is 34.1 Å². The molecule has 0 fully saturated rings. The highest BCUT2D eigenvalue weighted by atomic mass is 35.5. The van der Waals surface area contributed by atoms with Crippen LogP contribution in [0.25, 0.3) is 10.2 Å². The first-order valence-corrected chi connectivity index (χ1v) is 8.61. The van der Waals surface area contributed by atoms with Gasteiger partial charge in [-0.2, -0.15) is 4.98 Å². The van der Waals surface area contributed by atoms with Gasteiger partial charge < -0.3 is 15.5 Å². The van der Waals surface area contributed by atoms with Crippen molar-refractivity contribution >= 4 is 63.8 Å². The van der Waals surface area contributed by atoms with E-state index in [9.17, 15) is 0 Å². The molecule has 3 N–H and O–H groups in total. The van der Waals surface area contributed by atoms with Crippen molar-refractivity contribution in [2.75, 3.05) is 5.32 Å². The van der Waals surface area contributed by atoms with Gasteiger partial charge in [-0.1, -0.05) is 6.92 Å². The van der Waals surface area contributed by atoms with Crippen LogP contribution in [0, 0.1) is 6.92 Å². The summed E-state index contributed by atoms with van der Waals surface area (Å²) in [7, 11) is 0. The third kappa shape index (κ3) is 4.95. The largest absolute Gasteiger partial charge is 0.447 e. The monoisotopic (exact) mass is 423 g/mol. The maximum atomic E-state index is 6.09. The summed E-state index contributed by atoms with van der Waals surface area (Å²) in [6.07, 6.45) is 4.92. The van der Waals surface area contributed by atoms with Crippen LogP contribution in [0.5, 0.6) is 0 Å². The van der Waals surface area contributed by atoms with Crippen LogP contribution >= 0.6 is 47.8 Å². The van der Waals surface area contributed by atoms with Crippen molar-refractivity contribution in [3.05, 3.63) is 34.1 Å². The smallest absolute Gasteiger partial charge is 0.224 e. The third-order valence-electron chi connectivity index (χ3n) is 3.70. The second-order valence-corrected chi connectivity index (χ2v) is 6.76. The molecule has 0 aliphatic carbocycles. The average Bonchev–Trinajstić information content (AvgIpc) is 3.15. The lowest BCUT2D eigenvalue weighted by molar-refractivity contribution is 0.503. The number of nitrogens with one attached hydrogen (secondary N) is 1. The van der Waals surface area contributed by atoms with Crippen molar-refractivity contribution in [2.45, 2.75) is 39.3 Å². The number of fused-ring (bicyclic) bond motifs is 1. The Morgan fingerprint density at radius 2 is 2.12 bits per heavy atom. The molecule has 0 aromatic carbocycles. The number of rotatable bonds is 6. The van der Waals surface area contributed by atoms with E-state index in [0.29, 0.717) is 18.3 Å². The Hall–Kier alpha value is -1.12. The van der Waals surface area contributed by atoms with Crippen LogP contribution < -0.4 is 11.1 Å². The molecular weight excluding hydrogens is 405 g/mol. The first-order valence-electron chi connectivity index (χ1n) is 7.41. The minimum atomic E-state index is 0. The quantitative estimate of drug-likeness (QED) is 0.571. The zero-order chi connectivity index (χ0) is 16.4. The second kappa shape index (κ2) is 9.54. The molecule has 3 aromatic heterocycles. The van der Waals surface area contributed by atoms with Gasteiger partial charge >= 0.3 is 0 Å². The SMILES string of the molecule is CC[C@H](N)Cc1sc2c(NCc3ncco3)nc(Cl)nc2c1C.Cl.Cl. The maximum Gasteiger partial charge on any atom is 0.224 e.